The Balaban J connectivity index is 1.23. The molecule has 0 aliphatic rings. The van der Waals surface area contributed by atoms with Crippen LogP contribution in [0.1, 0.15) is 5.56 Å². The zero-order chi connectivity index (χ0) is 36.6. The van der Waals surface area contributed by atoms with E-state index >= 15 is 0 Å². The van der Waals surface area contributed by atoms with Gasteiger partial charge in [-0.05, 0) is 65.7 Å². The molecule has 3 heterocycles. The van der Waals surface area contributed by atoms with E-state index in [1.165, 1.54) is 10.8 Å². The standard InChI is InChI=1S/C50H29N5/c1-52-49-37(35-18-4-9-25-42(35)53-44-27-11-6-20-39(44)48-32(31-51)15-12-28-45(48)53)21-13-29-46(49)55-43-26-10-5-19-36(43)38-22-14-30-47(50(38)55)54-40-23-7-2-16-33(40)34-17-3-8-24-41(34)54/h2-30H. The van der Waals surface area contributed by atoms with Crippen LogP contribution in [0, 0.1) is 17.9 Å². The lowest BCUT2D eigenvalue weighted by atomic mass is 10.00. The summed E-state index contributed by atoms with van der Waals surface area (Å²) in [6.07, 6.45) is 0. The van der Waals surface area contributed by atoms with Crippen molar-refractivity contribution in [3.05, 3.63) is 193 Å². The first-order chi connectivity index (χ1) is 27.3. The van der Waals surface area contributed by atoms with E-state index in [0.29, 0.717) is 11.3 Å². The number of rotatable bonds is 4. The van der Waals surface area contributed by atoms with Crippen molar-refractivity contribution < 1.29 is 0 Å². The second kappa shape index (κ2) is 11.8. The number of benzene rings is 8. The number of para-hydroxylation sites is 7. The lowest BCUT2D eigenvalue weighted by molar-refractivity contribution is 1.13. The van der Waals surface area contributed by atoms with Crippen LogP contribution in [0.5, 0.6) is 0 Å². The summed E-state index contributed by atoms with van der Waals surface area (Å²) >= 11 is 0. The smallest absolute Gasteiger partial charge is 0.218 e. The maximum absolute atomic E-state index is 10.1. The molecule has 11 rings (SSSR count). The van der Waals surface area contributed by atoms with Crippen LogP contribution in [0.25, 0.3) is 98.5 Å². The van der Waals surface area contributed by atoms with Crippen molar-refractivity contribution in [3.8, 4) is 34.3 Å². The fraction of sp³-hybridized carbons (Fsp3) is 0. The van der Waals surface area contributed by atoms with E-state index in [0.717, 1.165) is 82.8 Å². The summed E-state index contributed by atoms with van der Waals surface area (Å²) in [5, 5.41) is 16.7. The minimum Gasteiger partial charge on any atom is -0.317 e. The molecule has 5 heteroatoms. The molecule has 254 valence electrons. The maximum atomic E-state index is 10.1. The van der Waals surface area contributed by atoms with Crippen LogP contribution in [-0.4, -0.2) is 13.7 Å². The Morgan fingerprint density at radius 3 is 1.55 bits per heavy atom. The summed E-state index contributed by atoms with van der Waals surface area (Å²) in [6.45, 7) is 8.83. The summed E-state index contributed by atoms with van der Waals surface area (Å²) in [5.41, 5.74) is 12.1. The molecule has 0 aliphatic carbocycles. The molecule has 8 aromatic carbocycles. The van der Waals surface area contributed by atoms with Crippen LogP contribution in [0.3, 0.4) is 0 Å². The Morgan fingerprint density at radius 1 is 0.400 bits per heavy atom. The molecule has 0 spiro atoms. The topological polar surface area (TPSA) is 42.9 Å². The molecule has 0 atom stereocenters. The van der Waals surface area contributed by atoms with Crippen LogP contribution in [0.15, 0.2) is 176 Å². The van der Waals surface area contributed by atoms with Gasteiger partial charge in [0, 0.05) is 32.3 Å². The monoisotopic (exact) mass is 699 g/mol. The van der Waals surface area contributed by atoms with Gasteiger partial charge in [-0.3, -0.25) is 0 Å². The van der Waals surface area contributed by atoms with Gasteiger partial charge in [0.15, 0.2) is 0 Å². The van der Waals surface area contributed by atoms with Crippen molar-refractivity contribution in [1.82, 2.24) is 13.7 Å². The predicted octanol–water partition coefficient (Wildman–Crippen LogP) is 13.1. The molecule has 0 radical (unpaired) electrons. The normalized spacial score (nSPS) is 11.6. The zero-order valence-electron chi connectivity index (χ0n) is 29.5. The first-order valence-electron chi connectivity index (χ1n) is 18.3. The highest BCUT2D eigenvalue weighted by Gasteiger charge is 2.24. The molecule has 0 unspecified atom stereocenters. The van der Waals surface area contributed by atoms with E-state index in [1.54, 1.807) is 0 Å². The average molecular weight is 700 g/mol. The molecule has 0 saturated carbocycles. The zero-order valence-corrected chi connectivity index (χ0v) is 29.5. The molecule has 11 aromatic rings. The summed E-state index contributed by atoms with van der Waals surface area (Å²) in [6, 6.07) is 63.3. The van der Waals surface area contributed by atoms with E-state index in [1.807, 2.05) is 36.4 Å². The van der Waals surface area contributed by atoms with Gasteiger partial charge in [0.05, 0.1) is 68.4 Å². The Hall–Kier alpha value is -7.86. The van der Waals surface area contributed by atoms with Gasteiger partial charge in [0.1, 0.15) is 0 Å². The summed E-state index contributed by atoms with van der Waals surface area (Å²) in [5.74, 6) is 0. The van der Waals surface area contributed by atoms with Gasteiger partial charge >= 0.3 is 0 Å². The van der Waals surface area contributed by atoms with Crippen LogP contribution in [-0.2, 0) is 0 Å². The van der Waals surface area contributed by atoms with Crippen molar-refractivity contribution in [1.29, 1.82) is 5.26 Å². The average Bonchev–Trinajstić information content (AvgIpc) is 3.89. The number of hydrogen-bond acceptors (Lipinski definition) is 1. The Bertz CT molecular complexity index is 3420. The molecule has 55 heavy (non-hydrogen) atoms. The van der Waals surface area contributed by atoms with Crippen LogP contribution in [0.4, 0.5) is 5.69 Å². The van der Waals surface area contributed by atoms with E-state index < -0.39 is 0 Å². The molecule has 3 aromatic heterocycles. The van der Waals surface area contributed by atoms with Gasteiger partial charge < -0.3 is 13.7 Å². The molecule has 0 bridgehead atoms. The Kier molecular flexibility index (Phi) is 6.61. The van der Waals surface area contributed by atoms with E-state index in [2.05, 4.69) is 164 Å². The fourth-order valence-corrected chi connectivity index (χ4v) is 8.93. The van der Waals surface area contributed by atoms with Crippen molar-refractivity contribution in [2.24, 2.45) is 0 Å². The first kappa shape index (κ1) is 30.7. The van der Waals surface area contributed by atoms with Crippen molar-refractivity contribution in [3.63, 3.8) is 0 Å². The number of nitriles is 1. The third-order valence-corrected chi connectivity index (χ3v) is 11.1. The van der Waals surface area contributed by atoms with Gasteiger partial charge in [0.2, 0.25) is 5.69 Å². The lowest BCUT2D eigenvalue weighted by Gasteiger charge is -2.19. The second-order valence-electron chi connectivity index (χ2n) is 13.9. The molecule has 0 aliphatic heterocycles. The van der Waals surface area contributed by atoms with Gasteiger partial charge in [-0.2, -0.15) is 5.26 Å². The van der Waals surface area contributed by atoms with E-state index in [4.69, 9.17) is 6.57 Å². The van der Waals surface area contributed by atoms with Crippen LogP contribution >= 0.6 is 0 Å². The molecule has 5 nitrogen and oxygen atoms in total. The third-order valence-electron chi connectivity index (χ3n) is 11.1. The molecule has 0 fully saturated rings. The van der Waals surface area contributed by atoms with Gasteiger partial charge in [-0.15, -0.1) is 0 Å². The Morgan fingerprint density at radius 2 is 0.855 bits per heavy atom. The van der Waals surface area contributed by atoms with Gasteiger partial charge in [-0.25, -0.2) is 4.85 Å². The molecular formula is C50H29N5. The predicted molar refractivity (Wildman–Crippen MR) is 226 cm³/mol. The second-order valence-corrected chi connectivity index (χ2v) is 13.9. The third kappa shape index (κ3) is 4.27. The van der Waals surface area contributed by atoms with Crippen molar-refractivity contribution >= 4 is 71.1 Å². The highest BCUT2D eigenvalue weighted by atomic mass is 15.1. The van der Waals surface area contributed by atoms with E-state index in [9.17, 15) is 5.26 Å². The first-order valence-corrected chi connectivity index (χ1v) is 18.3. The number of nitrogens with zero attached hydrogens (tertiary/aromatic N) is 5. The molecule has 0 saturated heterocycles. The summed E-state index contributed by atoms with van der Waals surface area (Å²) < 4.78 is 6.90. The molecular weight excluding hydrogens is 671 g/mol. The van der Waals surface area contributed by atoms with Gasteiger partial charge in [-0.1, -0.05) is 121 Å². The van der Waals surface area contributed by atoms with Gasteiger partial charge in [0.25, 0.3) is 0 Å². The van der Waals surface area contributed by atoms with E-state index in [-0.39, 0.29) is 0 Å². The van der Waals surface area contributed by atoms with Crippen LogP contribution in [0.2, 0.25) is 0 Å². The summed E-state index contributed by atoms with van der Waals surface area (Å²) in [4.78, 5) is 4.35. The quantitative estimate of drug-likeness (QED) is 0.169. The minimum atomic E-state index is 0.563. The summed E-state index contributed by atoms with van der Waals surface area (Å²) in [7, 11) is 0. The highest BCUT2D eigenvalue weighted by Crippen LogP contribution is 2.45. The largest absolute Gasteiger partial charge is 0.317 e. The molecule has 0 N–H and O–H groups in total. The number of hydrogen-bond donors (Lipinski definition) is 0. The van der Waals surface area contributed by atoms with Crippen molar-refractivity contribution in [2.45, 2.75) is 0 Å². The highest BCUT2D eigenvalue weighted by molar-refractivity contribution is 6.16. The minimum absolute atomic E-state index is 0.563. The number of fused-ring (bicyclic) bond motifs is 9. The number of aromatic nitrogens is 3. The SMILES string of the molecule is [C-]#[N+]c1c(-c2ccccc2-n2c3ccccc3c3c(C#N)cccc32)cccc1-n1c2ccccc2c2cccc(-n3c4ccccc4c4ccccc43)c21. The fourth-order valence-electron chi connectivity index (χ4n) is 8.93. The maximum Gasteiger partial charge on any atom is 0.218 e. The van der Waals surface area contributed by atoms with Crippen molar-refractivity contribution in [2.75, 3.05) is 0 Å². The van der Waals surface area contributed by atoms with Crippen LogP contribution < -0.4 is 0 Å². The molecule has 0 amide bonds. The Labute approximate surface area is 316 Å². The lowest BCUT2D eigenvalue weighted by Crippen LogP contribution is -2.02.